The smallest absolute Gasteiger partial charge is 0.291 e. The number of fused-ring (bicyclic) bond motifs is 1. The van der Waals surface area contributed by atoms with Crippen LogP contribution in [0.25, 0.3) is 11.0 Å². The van der Waals surface area contributed by atoms with Gasteiger partial charge in [0.25, 0.3) is 11.6 Å². The Hall–Kier alpha value is -3.48. The summed E-state index contributed by atoms with van der Waals surface area (Å²) < 4.78 is 5.56. The Morgan fingerprint density at radius 3 is 2.60 bits per heavy atom. The van der Waals surface area contributed by atoms with Crippen molar-refractivity contribution < 1.29 is 14.1 Å². The minimum Gasteiger partial charge on any atom is -0.450 e. The Morgan fingerprint density at radius 2 is 1.88 bits per heavy atom. The van der Waals surface area contributed by atoms with Crippen LogP contribution in [0.2, 0.25) is 0 Å². The van der Waals surface area contributed by atoms with E-state index in [4.69, 9.17) is 4.42 Å². The fourth-order valence-corrected chi connectivity index (χ4v) is 2.51. The SMILES string of the molecule is Cc1ccc(NC(=O)c2cc(=O)c3cccc(C)c3o2)cc1[N+](=O)[O-]. The van der Waals surface area contributed by atoms with Crippen molar-refractivity contribution in [1.82, 2.24) is 0 Å². The maximum atomic E-state index is 12.4. The molecule has 0 radical (unpaired) electrons. The van der Waals surface area contributed by atoms with Gasteiger partial charge in [-0.25, -0.2) is 0 Å². The minimum absolute atomic E-state index is 0.103. The minimum atomic E-state index is -0.652. The molecule has 126 valence electrons. The molecule has 7 heteroatoms. The van der Waals surface area contributed by atoms with E-state index < -0.39 is 10.8 Å². The van der Waals surface area contributed by atoms with Gasteiger partial charge in [-0.2, -0.15) is 0 Å². The normalized spacial score (nSPS) is 10.6. The molecule has 0 unspecified atom stereocenters. The maximum Gasteiger partial charge on any atom is 0.291 e. The second-order valence-corrected chi connectivity index (χ2v) is 5.64. The van der Waals surface area contributed by atoms with E-state index in [1.807, 2.05) is 0 Å². The summed E-state index contributed by atoms with van der Waals surface area (Å²) in [5.41, 5.74) is 1.37. The number of amides is 1. The number of carbonyl (C=O) groups is 1. The Labute approximate surface area is 142 Å². The molecular formula is C18H14N2O5. The zero-order chi connectivity index (χ0) is 18.1. The van der Waals surface area contributed by atoms with Crippen molar-refractivity contribution >= 4 is 28.3 Å². The van der Waals surface area contributed by atoms with E-state index in [1.165, 1.54) is 12.1 Å². The highest BCUT2D eigenvalue weighted by molar-refractivity contribution is 6.03. The van der Waals surface area contributed by atoms with Gasteiger partial charge < -0.3 is 9.73 Å². The Balaban J connectivity index is 1.98. The van der Waals surface area contributed by atoms with Crippen molar-refractivity contribution in [2.75, 3.05) is 5.32 Å². The third-order valence-corrected chi connectivity index (χ3v) is 3.84. The van der Waals surface area contributed by atoms with E-state index in [2.05, 4.69) is 5.32 Å². The molecule has 0 fully saturated rings. The lowest BCUT2D eigenvalue weighted by molar-refractivity contribution is -0.385. The molecule has 1 N–H and O–H groups in total. The Kier molecular flexibility index (Phi) is 4.06. The van der Waals surface area contributed by atoms with E-state index in [0.29, 0.717) is 16.5 Å². The average molecular weight is 338 g/mol. The highest BCUT2D eigenvalue weighted by atomic mass is 16.6. The Bertz CT molecular complexity index is 1070. The fraction of sp³-hybridized carbons (Fsp3) is 0.111. The monoisotopic (exact) mass is 338 g/mol. The molecule has 1 amide bonds. The van der Waals surface area contributed by atoms with Crippen LogP contribution in [0.4, 0.5) is 11.4 Å². The summed E-state index contributed by atoms with van der Waals surface area (Å²) in [5, 5.41) is 13.9. The van der Waals surface area contributed by atoms with Crippen LogP contribution in [0.3, 0.4) is 0 Å². The largest absolute Gasteiger partial charge is 0.450 e. The lowest BCUT2D eigenvalue weighted by Crippen LogP contribution is -2.15. The first-order chi connectivity index (χ1) is 11.9. The molecule has 0 aliphatic heterocycles. The number of benzene rings is 2. The Morgan fingerprint density at radius 1 is 1.12 bits per heavy atom. The number of nitrogens with one attached hydrogen (secondary N) is 1. The molecule has 3 aromatic rings. The molecule has 1 aromatic heterocycles. The highest BCUT2D eigenvalue weighted by Gasteiger charge is 2.16. The van der Waals surface area contributed by atoms with Crippen LogP contribution >= 0.6 is 0 Å². The molecule has 0 aliphatic carbocycles. The van der Waals surface area contributed by atoms with Crippen molar-refractivity contribution in [2.45, 2.75) is 13.8 Å². The summed E-state index contributed by atoms with van der Waals surface area (Å²) in [7, 11) is 0. The molecule has 0 saturated carbocycles. The predicted molar refractivity (Wildman–Crippen MR) is 93.0 cm³/mol. The number of anilines is 1. The summed E-state index contributed by atoms with van der Waals surface area (Å²) in [6.07, 6.45) is 0. The quantitative estimate of drug-likeness (QED) is 0.581. The molecule has 7 nitrogen and oxygen atoms in total. The summed E-state index contributed by atoms with van der Waals surface area (Å²) in [6, 6.07) is 10.6. The molecule has 0 bridgehead atoms. The van der Waals surface area contributed by atoms with Crippen molar-refractivity contribution in [2.24, 2.45) is 0 Å². The number of carbonyl (C=O) groups excluding carboxylic acids is 1. The van der Waals surface area contributed by atoms with Crippen LogP contribution in [0.5, 0.6) is 0 Å². The first kappa shape index (κ1) is 16.4. The van der Waals surface area contributed by atoms with Gasteiger partial charge in [-0.05, 0) is 31.5 Å². The molecule has 0 spiro atoms. The van der Waals surface area contributed by atoms with E-state index >= 15 is 0 Å². The topological polar surface area (TPSA) is 102 Å². The number of nitro groups is 1. The maximum absolute atomic E-state index is 12.4. The lowest BCUT2D eigenvalue weighted by atomic mass is 10.1. The number of nitrogens with zero attached hydrogens (tertiary/aromatic N) is 1. The zero-order valence-electron chi connectivity index (χ0n) is 13.5. The van der Waals surface area contributed by atoms with Gasteiger partial charge in [0, 0.05) is 23.4 Å². The van der Waals surface area contributed by atoms with Crippen LogP contribution < -0.4 is 10.7 Å². The van der Waals surface area contributed by atoms with Gasteiger partial charge in [0.15, 0.2) is 11.2 Å². The summed E-state index contributed by atoms with van der Waals surface area (Å²) in [6.45, 7) is 3.38. The van der Waals surface area contributed by atoms with Gasteiger partial charge in [-0.3, -0.25) is 19.7 Å². The van der Waals surface area contributed by atoms with Crippen molar-refractivity contribution in [3.05, 3.63) is 79.7 Å². The van der Waals surface area contributed by atoms with Crippen LogP contribution in [-0.4, -0.2) is 10.8 Å². The van der Waals surface area contributed by atoms with Gasteiger partial charge in [0.1, 0.15) is 5.58 Å². The third kappa shape index (κ3) is 3.12. The molecule has 0 saturated heterocycles. The van der Waals surface area contributed by atoms with Crippen LogP contribution in [0.1, 0.15) is 21.7 Å². The molecule has 2 aromatic carbocycles. The first-order valence-corrected chi connectivity index (χ1v) is 7.46. The van der Waals surface area contributed by atoms with Gasteiger partial charge in [0.05, 0.1) is 10.3 Å². The molecular weight excluding hydrogens is 324 g/mol. The standard InChI is InChI=1S/C18H14N2O5/c1-10-6-7-12(8-14(10)20(23)24)19-18(22)16-9-15(21)13-5-3-4-11(2)17(13)25-16/h3-9H,1-2H3,(H,19,22). The highest BCUT2D eigenvalue weighted by Crippen LogP contribution is 2.23. The van der Waals surface area contributed by atoms with E-state index in [0.717, 1.165) is 11.6 Å². The summed E-state index contributed by atoms with van der Waals surface area (Å²) in [5.74, 6) is -0.810. The molecule has 0 atom stereocenters. The van der Waals surface area contributed by atoms with Crippen molar-refractivity contribution in [1.29, 1.82) is 0 Å². The van der Waals surface area contributed by atoms with Gasteiger partial charge in [-0.15, -0.1) is 0 Å². The third-order valence-electron chi connectivity index (χ3n) is 3.84. The second-order valence-electron chi connectivity index (χ2n) is 5.64. The van der Waals surface area contributed by atoms with Crippen LogP contribution in [0, 0.1) is 24.0 Å². The van der Waals surface area contributed by atoms with E-state index in [1.54, 1.807) is 38.1 Å². The number of aryl methyl sites for hydroxylation is 2. The van der Waals surface area contributed by atoms with E-state index in [9.17, 15) is 19.7 Å². The summed E-state index contributed by atoms with van der Waals surface area (Å²) >= 11 is 0. The van der Waals surface area contributed by atoms with Crippen molar-refractivity contribution in [3.63, 3.8) is 0 Å². The zero-order valence-corrected chi connectivity index (χ0v) is 13.5. The predicted octanol–water partition coefficient (Wildman–Crippen LogP) is 3.57. The number of rotatable bonds is 3. The number of para-hydroxylation sites is 1. The first-order valence-electron chi connectivity index (χ1n) is 7.46. The second kappa shape index (κ2) is 6.20. The van der Waals surface area contributed by atoms with Gasteiger partial charge in [0.2, 0.25) is 0 Å². The number of nitro benzene ring substituents is 1. The van der Waals surface area contributed by atoms with Crippen LogP contribution in [-0.2, 0) is 0 Å². The fourth-order valence-electron chi connectivity index (χ4n) is 2.51. The lowest BCUT2D eigenvalue weighted by Gasteiger charge is -2.07. The summed E-state index contributed by atoms with van der Waals surface area (Å²) in [4.78, 5) is 35.0. The number of hydrogen-bond donors (Lipinski definition) is 1. The average Bonchev–Trinajstić information content (AvgIpc) is 2.57. The van der Waals surface area contributed by atoms with Crippen molar-refractivity contribution in [3.8, 4) is 0 Å². The van der Waals surface area contributed by atoms with Gasteiger partial charge >= 0.3 is 0 Å². The van der Waals surface area contributed by atoms with Gasteiger partial charge in [-0.1, -0.05) is 18.2 Å². The van der Waals surface area contributed by atoms with Crippen LogP contribution in [0.15, 0.2) is 51.7 Å². The molecule has 1 heterocycles. The van der Waals surface area contributed by atoms with E-state index in [-0.39, 0.29) is 22.6 Å². The molecule has 3 rings (SSSR count). The number of hydrogen-bond acceptors (Lipinski definition) is 5. The molecule has 25 heavy (non-hydrogen) atoms. The molecule has 0 aliphatic rings.